The molecule has 0 N–H and O–H groups in total. The molecule has 1 saturated carbocycles. The highest BCUT2D eigenvalue weighted by molar-refractivity contribution is 5.09. The summed E-state index contributed by atoms with van der Waals surface area (Å²) < 4.78 is 14.0. The number of unbranched alkanes of at least 4 members (excludes halogenated alkanes) is 16. The van der Waals surface area contributed by atoms with Crippen molar-refractivity contribution < 1.29 is 9.47 Å². The number of likely N-dealkylation sites (tertiary alicyclic amines) is 1. The topological polar surface area (TPSA) is 21.7 Å². The lowest BCUT2D eigenvalue weighted by molar-refractivity contribution is -0.196. The number of piperidine rings is 1. The molecule has 2 bridgehead atoms. The van der Waals surface area contributed by atoms with Gasteiger partial charge in [-0.2, -0.15) is 0 Å². The van der Waals surface area contributed by atoms with Gasteiger partial charge in [0, 0.05) is 12.5 Å². The summed E-state index contributed by atoms with van der Waals surface area (Å²) in [6.07, 6.45) is 52.9. The van der Waals surface area contributed by atoms with Crippen LogP contribution < -0.4 is 0 Å². The zero-order chi connectivity index (χ0) is 32.5. The summed E-state index contributed by atoms with van der Waals surface area (Å²) in [6.45, 7) is 5.69. The van der Waals surface area contributed by atoms with Crippen molar-refractivity contribution in [1.82, 2.24) is 4.90 Å². The van der Waals surface area contributed by atoms with Crippen LogP contribution in [0.25, 0.3) is 0 Å². The van der Waals surface area contributed by atoms with Gasteiger partial charge >= 0.3 is 0 Å². The zero-order valence-corrected chi connectivity index (χ0v) is 30.8. The molecular formula is C43H75NO2. The van der Waals surface area contributed by atoms with Crippen molar-refractivity contribution in [2.45, 2.75) is 205 Å². The van der Waals surface area contributed by atoms with Crippen LogP contribution in [-0.4, -0.2) is 42.5 Å². The first kappa shape index (κ1) is 39.3. The molecule has 3 heteroatoms. The highest BCUT2D eigenvalue weighted by Gasteiger charge is 2.64. The molecular weight excluding hydrogens is 562 g/mol. The van der Waals surface area contributed by atoms with Crippen LogP contribution >= 0.6 is 0 Å². The third-order valence-electron chi connectivity index (χ3n) is 10.8. The highest BCUT2D eigenvalue weighted by atomic mass is 16.8. The van der Waals surface area contributed by atoms with Gasteiger partial charge in [-0.15, -0.1) is 0 Å². The maximum absolute atomic E-state index is 6.98. The molecule has 3 fully saturated rings. The summed E-state index contributed by atoms with van der Waals surface area (Å²) in [5.41, 5.74) is 0. The number of rotatable bonds is 28. The molecule has 3 aliphatic rings. The Labute approximate surface area is 286 Å². The van der Waals surface area contributed by atoms with Crippen LogP contribution in [0.2, 0.25) is 0 Å². The zero-order valence-electron chi connectivity index (χ0n) is 30.8. The fraction of sp³-hybridized carbons (Fsp3) is 0.814. The van der Waals surface area contributed by atoms with Gasteiger partial charge in [-0.05, 0) is 96.9 Å². The molecule has 2 heterocycles. The van der Waals surface area contributed by atoms with Crippen LogP contribution in [-0.2, 0) is 9.47 Å². The van der Waals surface area contributed by atoms with Crippen LogP contribution in [0.4, 0.5) is 0 Å². The van der Waals surface area contributed by atoms with Gasteiger partial charge < -0.3 is 9.47 Å². The summed E-state index contributed by atoms with van der Waals surface area (Å²) in [4.78, 5) is 2.52. The predicted molar refractivity (Wildman–Crippen MR) is 200 cm³/mol. The molecule has 3 rings (SSSR count). The van der Waals surface area contributed by atoms with E-state index >= 15 is 0 Å². The minimum Gasteiger partial charge on any atom is -0.342 e. The first-order valence-corrected chi connectivity index (χ1v) is 20.4. The van der Waals surface area contributed by atoms with E-state index in [2.05, 4.69) is 74.4 Å². The van der Waals surface area contributed by atoms with Gasteiger partial charge in [0.25, 0.3) is 0 Å². The van der Waals surface area contributed by atoms with Crippen molar-refractivity contribution >= 4 is 0 Å². The summed E-state index contributed by atoms with van der Waals surface area (Å²) in [6, 6.07) is 0.471. The van der Waals surface area contributed by atoms with Crippen LogP contribution in [0.15, 0.2) is 48.6 Å². The van der Waals surface area contributed by atoms with Crippen molar-refractivity contribution in [1.29, 1.82) is 0 Å². The van der Waals surface area contributed by atoms with Crippen molar-refractivity contribution in [2.75, 3.05) is 13.6 Å². The van der Waals surface area contributed by atoms with Gasteiger partial charge in [0.05, 0.1) is 18.2 Å². The molecule has 4 atom stereocenters. The summed E-state index contributed by atoms with van der Waals surface area (Å²) in [7, 11) is 2.28. The summed E-state index contributed by atoms with van der Waals surface area (Å²) >= 11 is 0. The fourth-order valence-corrected chi connectivity index (χ4v) is 8.06. The van der Waals surface area contributed by atoms with Crippen molar-refractivity contribution in [2.24, 2.45) is 5.92 Å². The van der Waals surface area contributed by atoms with E-state index in [4.69, 9.17) is 9.47 Å². The Hall–Kier alpha value is -1.16. The van der Waals surface area contributed by atoms with Gasteiger partial charge in [-0.3, -0.25) is 4.90 Å². The second-order valence-corrected chi connectivity index (χ2v) is 14.8. The largest absolute Gasteiger partial charge is 0.342 e. The second kappa shape index (κ2) is 24.9. The maximum atomic E-state index is 6.98. The maximum Gasteiger partial charge on any atom is 0.188 e. The van der Waals surface area contributed by atoms with E-state index in [0.717, 1.165) is 19.4 Å². The third kappa shape index (κ3) is 14.5. The molecule has 4 unspecified atom stereocenters. The minimum absolute atomic E-state index is 0.294. The molecule has 46 heavy (non-hydrogen) atoms. The first-order valence-electron chi connectivity index (χ1n) is 20.4. The number of allylic oxidation sites excluding steroid dienone is 8. The number of ether oxygens (including phenoxy) is 2. The van der Waals surface area contributed by atoms with Crippen molar-refractivity contribution in [3.63, 3.8) is 0 Å². The molecule has 1 aliphatic carbocycles. The lowest BCUT2D eigenvalue weighted by Crippen LogP contribution is -2.43. The van der Waals surface area contributed by atoms with E-state index in [1.54, 1.807) is 0 Å². The smallest absolute Gasteiger partial charge is 0.188 e. The van der Waals surface area contributed by atoms with Crippen LogP contribution in [0.3, 0.4) is 0 Å². The average Bonchev–Trinajstić information content (AvgIpc) is 3.68. The third-order valence-corrected chi connectivity index (χ3v) is 10.8. The predicted octanol–water partition coefficient (Wildman–Crippen LogP) is 12.8. The lowest BCUT2D eigenvalue weighted by Gasteiger charge is -2.29. The molecule has 0 aromatic carbocycles. The van der Waals surface area contributed by atoms with E-state index in [1.165, 1.54) is 154 Å². The molecule has 3 nitrogen and oxygen atoms in total. The quantitative estimate of drug-likeness (QED) is 0.0629. The highest BCUT2D eigenvalue weighted by Crippen LogP contribution is 2.53. The molecule has 0 amide bonds. The fourth-order valence-electron chi connectivity index (χ4n) is 8.06. The Kier molecular flexibility index (Phi) is 21.3. The van der Waals surface area contributed by atoms with E-state index in [1.807, 2.05) is 0 Å². The molecule has 2 saturated heterocycles. The number of hydrogen-bond donors (Lipinski definition) is 0. The Balaban J connectivity index is 1.25. The first-order chi connectivity index (χ1) is 22.7. The van der Waals surface area contributed by atoms with Crippen LogP contribution in [0.5, 0.6) is 0 Å². The van der Waals surface area contributed by atoms with Gasteiger partial charge in [0.15, 0.2) is 5.79 Å². The normalized spacial score (nSPS) is 26.6. The molecule has 0 aromatic rings. The molecule has 0 aromatic heterocycles. The van der Waals surface area contributed by atoms with Crippen LogP contribution in [0, 0.1) is 5.92 Å². The minimum atomic E-state index is -0.294. The van der Waals surface area contributed by atoms with Gasteiger partial charge in [0.2, 0.25) is 0 Å². The Morgan fingerprint density at radius 3 is 1.33 bits per heavy atom. The van der Waals surface area contributed by atoms with E-state index in [9.17, 15) is 0 Å². The molecule has 264 valence electrons. The van der Waals surface area contributed by atoms with E-state index in [0.29, 0.717) is 24.2 Å². The SMILES string of the molecule is CCCCC/C=C\C/C=C\CCCCCCCC1OC2(OC1CCCCCCC/C=C\C/C=C\CCCCC)C1CCC2N(C)C1. The summed E-state index contributed by atoms with van der Waals surface area (Å²) in [5.74, 6) is 0.280. The number of nitrogens with zero attached hydrogens (tertiary/aromatic N) is 1. The van der Waals surface area contributed by atoms with Gasteiger partial charge in [-0.25, -0.2) is 0 Å². The Morgan fingerprint density at radius 2 is 0.935 bits per heavy atom. The molecule has 1 spiro atoms. The molecule has 2 aliphatic heterocycles. The number of hydrogen-bond acceptors (Lipinski definition) is 3. The van der Waals surface area contributed by atoms with Crippen molar-refractivity contribution in [3.05, 3.63) is 48.6 Å². The van der Waals surface area contributed by atoms with E-state index < -0.39 is 0 Å². The van der Waals surface area contributed by atoms with E-state index in [-0.39, 0.29) is 5.79 Å². The summed E-state index contributed by atoms with van der Waals surface area (Å²) in [5, 5.41) is 0. The van der Waals surface area contributed by atoms with Gasteiger partial charge in [-0.1, -0.05) is 140 Å². The van der Waals surface area contributed by atoms with Crippen molar-refractivity contribution in [3.8, 4) is 0 Å². The van der Waals surface area contributed by atoms with Gasteiger partial charge in [0.1, 0.15) is 0 Å². The molecule has 0 radical (unpaired) electrons. The standard InChI is InChI=1S/C43H75NO2/c1-4-6-8-10-12-14-16-18-20-22-24-26-28-30-32-34-40-41(46-43(45-40)39-36-37-42(43)44(3)38-39)35-33-31-29-27-25-23-21-19-17-15-13-11-9-7-5-2/h12-15,18-21,39-42H,4-11,16-17,22-38H2,1-3H3/b14-12-,15-13-,20-18-,21-19-. The monoisotopic (exact) mass is 638 g/mol. The lowest BCUT2D eigenvalue weighted by atomic mass is 9.99. The second-order valence-electron chi connectivity index (χ2n) is 14.8. The number of likely N-dealkylation sites (N-methyl/N-ethyl adjacent to an activating group) is 1. The Bertz CT molecular complexity index is 805. The van der Waals surface area contributed by atoms with Crippen LogP contribution in [0.1, 0.15) is 181 Å². The Morgan fingerprint density at radius 1 is 0.522 bits per heavy atom. The average molecular weight is 638 g/mol.